The fourth-order valence-electron chi connectivity index (χ4n) is 3.81. The average Bonchev–Trinajstić information content (AvgIpc) is 2.86. The van der Waals surface area contributed by atoms with Crippen LogP contribution in [0.5, 0.6) is 0 Å². The summed E-state index contributed by atoms with van der Waals surface area (Å²) in [5.74, 6) is 0.104. The second-order valence-corrected chi connectivity index (χ2v) is 7.04. The molecule has 0 spiro atoms. The number of benzene rings is 1. The molecule has 1 saturated heterocycles. The Kier molecular flexibility index (Phi) is 4.45. The van der Waals surface area contributed by atoms with Gasteiger partial charge in [-0.25, -0.2) is 4.98 Å². The van der Waals surface area contributed by atoms with Crippen LogP contribution in [0.2, 0.25) is 0 Å². The largest absolute Gasteiger partial charge is 0.339 e. The van der Waals surface area contributed by atoms with Gasteiger partial charge in [0.05, 0.1) is 22.3 Å². The molecule has 4 rings (SSSR count). The minimum atomic E-state index is 0.104. The van der Waals surface area contributed by atoms with Crippen LogP contribution in [0.25, 0.3) is 22.3 Å². The Morgan fingerprint density at radius 3 is 2.42 bits per heavy atom. The first-order valence-electron chi connectivity index (χ1n) is 9.34. The van der Waals surface area contributed by atoms with Gasteiger partial charge in [0.2, 0.25) is 0 Å². The molecule has 0 atom stereocenters. The van der Waals surface area contributed by atoms with E-state index >= 15 is 0 Å². The Labute approximate surface area is 153 Å². The summed E-state index contributed by atoms with van der Waals surface area (Å²) >= 11 is 0. The molecule has 1 aliphatic rings. The summed E-state index contributed by atoms with van der Waals surface area (Å²) in [6.07, 6.45) is 4.57. The van der Waals surface area contributed by atoms with E-state index in [1.165, 1.54) is 12.8 Å². The van der Waals surface area contributed by atoms with Crippen LogP contribution < -0.4 is 0 Å². The number of fused-ring (bicyclic) bond motifs is 1. The van der Waals surface area contributed by atoms with Gasteiger partial charge in [0, 0.05) is 25.7 Å². The molecule has 5 heteroatoms. The first kappa shape index (κ1) is 16.8. The van der Waals surface area contributed by atoms with Crippen molar-refractivity contribution in [3.05, 3.63) is 47.7 Å². The molecule has 0 radical (unpaired) electrons. The van der Waals surface area contributed by atoms with E-state index in [4.69, 9.17) is 4.98 Å². The molecule has 1 fully saturated rings. The number of likely N-dealkylation sites (tertiary alicyclic amines) is 1. The van der Waals surface area contributed by atoms with E-state index in [1.807, 2.05) is 55.3 Å². The van der Waals surface area contributed by atoms with Crippen molar-refractivity contribution < 1.29 is 4.79 Å². The molecule has 0 aliphatic carbocycles. The molecule has 5 nitrogen and oxygen atoms in total. The van der Waals surface area contributed by atoms with Crippen molar-refractivity contribution in [1.29, 1.82) is 0 Å². The summed E-state index contributed by atoms with van der Waals surface area (Å²) in [5.41, 5.74) is 4.17. The van der Waals surface area contributed by atoms with E-state index in [0.717, 1.165) is 59.5 Å². The second kappa shape index (κ2) is 6.90. The summed E-state index contributed by atoms with van der Waals surface area (Å²) in [5, 5.41) is 5.39. The molecule has 3 aromatic rings. The van der Waals surface area contributed by atoms with Crippen molar-refractivity contribution in [3.63, 3.8) is 0 Å². The summed E-state index contributed by atoms with van der Waals surface area (Å²) in [7, 11) is 1.89. The summed E-state index contributed by atoms with van der Waals surface area (Å²) in [6.45, 7) is 3.62. The quantitative estimate of drug-likeness (QED) is 0.704. The van der Waals surface area contributed by atoms with E-state index in [2.05, 4.69) is 5.10 Å². The molecule has 0 bridgehead atoms. The third-order valence-corrected chi connectivity index (χ3v) is 5.16. The highest BCUT2D eigenvalue weighted by atomic mass is 16.2. The number of hydrogen-bond donors (Lipinski definition) is 0. The Morgan fingerprint density at radius 2 is 1.73 bits per heavy atom. The third kappa shape index (κ3) is 2.98. The van der Waals surface area contributed by atoms with Crippen LogP contribution in [0.3, 0.4) is 0 Å². The Bertz CT molecular complexity index is 938. The molecule has 0 N–H and O–H groups in total. The van der Waals surface area contributed by atoms with Gasteiger partial charge < -0.3 is 4.90 Å². The van der Waals surface area contributed by atoms with Gasteiger partial charge >= 0.3 is 0 Å². The van der Waals surface area contributed by atoms with Crippen molar-refractivity contribution in [3.8, 4) is 11.3 Å². The Morgan fingerprint density at radius 1 is 1.04 bits per heavy atom. The smallest absolute Gasteiger partial charge is 0.254 e. The highest BCUT2D eigenvalue weighted by Gasteiger charge is 2.23. The first-order chi connectivity index (χ1) is 12.6. The second-order valence-electron chi connectivity index (χ2n) is 7.04. The molecule has 134 valence electrons. The van der Waals surface area contributed by atoms with Crippen LogP contribution in [-0.4, -0.2) is 38.7 Å². The van der Waals surface area contributed by atoms with E-state index in [0.29, 0.717) is 0 Å². The van der Waals surface area contributed by atoms with Gasteiger partial charge in [0.15, 0.2) is 5.65 Å². The number of aromatic nitrogens is 3. The van der Waals surface area contributed by atoms with Crippen molar-refractivity contribution in [1.82, 2.24) is 19.7 Å². The molecule has 0 unspecified atom stereocenters. The molecule has 3 heterocycles. The fraction of sp³-hybridized carbons (Fsp3) is 0.381. The van der Waals surface area contributed by atoms with Gasteiger partial charge in [-0.05, 0) is 25.8 Å². The Balaban J connectivity index is 1.87. The average molecular weight is 348 g/mol. The molecule has 1 amide bonds. The maximum absolute atomic E-state index is 13.4. The minimum absolute atomic E-state index is 0.104. The number of aryl methyl sites for hydroxylation is 2. The number of pyridine rings is 1. The number of amides is 1. The van der Waals surface area contributed by atoms with Crippen molar-refractivity contribution in [2.24, 2.45) is 7.05 Å². The van der Waals surface area contributed by atoms with E-state index < -0.39 is 0 Å². The topological polar surface area (TPSA) is 51.0 Å². The summed E-state index contributed by atoms with van der Waals surface area (Å²) < 4.78 is 1.77. The standard InChI is InChI=1S/C21H24N4O/c1-15-19-17(21(26)25-12-8-3-4-9-13-25)14-18(16-10-6-5-7-11-16)22-20(19)24(2)23-15/h5-7,10-11,14H,3-4,8-9,12-13H2,1-2H3. The predicted molar refractivity (Wildman–Crippen MR) is 103 cm³/mol. The van der Waals surface area contributed by atoms with Crippen LogP contribution in [0.15, 0.2) is 36.4 Å². The van der Waals surface area contributed by atoms with Gasteiger partial charge in [-0.3, -0.25) is 9.48 Å². The maximum Gasteiger partial charge on any atom is 0.254 e. The molecule has 0 saturated carbocycles. The summed E-state index contributed by atoms with van der Waals surface area (Å²) in [6, 6.07) is 12.0. The zero-order valence-corrected chi connectivity index (χ0v) is 15.4. The number of carbonyl (C=O) groups excluding carboxylic acids is 1. The molecule has 2 aromatic heterocycles. The molecular formula is C21H24N4O. The van der Waals surface area contributed by atoms with Crippen molar-refractivity contribution in [2.75, 3.05) is 13.1 Å². The molecule has 1 aliphatic heterocycles. The van der Waals surface area contributed by atoms with Crippen molar-refractivity contribution >= 4 is 16.9 Å². The lowest BCUT2D eigenvalue weighted by molar-refractivity contribution is 0.0763. The van der Waals surface area contributed by atoms with E-state index in [1.54, 1.807) is 4.68 Å². The lowest BCUT2D eigenvalue weighted by Crippen LogP contribution is -2.32. The number of rotatable bonds is 2. The number of carbonyl (C=O) groups is 1. The Hall–Kier alpha value is -2.69. The third-order valence-electron chi connectivity index (χ3n) is 5.16. The van der Waals surface area contributed by atoms with Gasteiger partial charge in [-0.15, -0.1) is 0 Å². The first-order valence-corrected chi connectivity index (χ1v) is 9.34. The number of hydrogen-bond acceptors (Lipinski definition) is 3. The molecule has 1 aromatic carbocycles. The van der Waals surface area contributed by atoms with Gasteiger partial charge in [0.1, 0.15) is 0 Å². The van der Waals surface area contributed by atoms with E-state index in [-0.39, 0.29) is 5.91 Å². The van der Waals surface area contributed by atoms with Crippen molar-refractivity contribution in [2.45, 2.75) is 32.6 Å². The molecule has 26 heavy (non-hydrogen) atoms. The summed E-state index contributed by atoms with van der Waals surface area (Å²) in [4.78, 5) is 20.2. The predicted octanol–water partition coefficient (Wildman–Crippen LogP) is 3.96. The monoisotopic (exact) mass is 348 g/mol. The lowest BCUT2D eigenvalue weighted by atomic mass is 10.0. The number of nitrogens with zero attached hydrogens (tertiary/aromatic N) is 4. The van der Waals surface area contributed by atoms with Gasteiger partial charge in [0.25, 0.3) is 5.91 Å². The maximum atomic E-state index is 13.4. The van der Waals surface area contributed by atoms with Crippen LogP contribution >= 0.6 is 0 Å². The highest BCUT2D eigenvalue weighted by Crippen LogP contribution is 2.28. The lowest BCUT2D eigenvalue weighted by Gasteiger charge is -2.21. The van der Waals surface area contributed by atoms with Crippen LogP contribution in [0, 0.1) is 6.92 Å². The minimum Gasteiger partial charge on any atom is -0.339 e. The SMILES string of the molecule is Cc1nn(C)c2nc(-c3ccccc3)cc(C(=O)N3CCCCCC3)c12. The van der Waals surface area contributed by atoms with Gasteiger partial charge in [-0.1, -0.05) is 43.2 Å². The normalized spacial score (nSPS) is 15.2. The zero-order valence-electron chi connectivity index (χ0n) is 15.4. The van der Waals surface area contributed by atoms with Crippen LogP contribution in [0.4, 0.5) is 0 Å². The highest BCUT2D eigenvalue weighted by molar-refractivity contribution is 6.07. The van der Waals surface area contributed by atoms with Crippen LogP contribution in [-0.2, 0) is 7.05 Å². The fourth-order valence-corrected chi connectivity index (χ4v) is 3.81. The van der Waals surface area contributed by atoms with Gasteiger partial charge in [-0.2, -0.15) is 5.10 Å². The van der Waals surface area contributed by atoms with E-state index in [9.17, 15) is 4.79 Å². The molecular weight excluding hydrogens is 324 g/mol. The van der Waals surface area contributed by atoms with Crippen LogP contribution in [0.1, 0.15) is 41.7 Å². The zero-order chi connectivity index (χ0) is 18.1.